The zero-order chi connectivity index (χ0) is 10.8. The van der Waals surface area contributed by atoms with E-state index in [-0.39, 0.29) is 5.82 Å². The lowest BCUT2D eigenvalue weighted by Crippen LogP contribution is -2.13. The third kappa shape index (κ3) is 2.12. The third-order valence-corrected chi connectivity index (χ3v) is 2.93. The Kier molecular flexibility index (Phi) is 2.91. The van der Waals surface area contributed by atoms with Crippen molar-refractivity contribution in [2.75, 3.05) is 13.7 Å². The lowest BCUT2D eigenvalue weighted by atomic mass is 10.0. The topological polar surface area (TPSA) is 21.3 Å². The summed E-state index contributed by atoms with van der Waals surface area (Å²) in [5.74, 6) is 0.696. The molecule has 1 heterocycles. The van der Waals surface area contributed by atoms with Gasteiger partial charge in [-0.05, 0) is 36.6 Å². The summed E-state index contributed by atoms with van der Waals surface area (Å²) < 4.78 is 18.3. The molecule has 0 aliphatic carbocycles. The summed E-state index contributed by atoms with van der Waals surface area (Å²) in [6.45, 7) is 3.21. The van der Waals surface area contributed by atoms with Crippen molar-refractivity contribution in [3.05, 3.63) is 29.6 Å². The second-order valence-corrected chi connectivity index (χ2v) is 4.20. The highest BCUT2D eigenvalue weighted by atomic mass is 19.1. The number of methoxy groups -OCH3 is 1. The van der Waals surface area contributed by atoms with E-state index >= 15 is 0 Å². The number of hydrogen-bond donors (Lipinski definition) is 1. The minimum absolute atomic E-state index is 0.281. The molecule has 0 spiro atoms. The van der Waals surface area contributed by atoms with Crippen LogP contribution in [0.15, 0.2) is 18.2 Å². The normalized spacial score (nSPS) is 25.5. The van der Waals surface area contributed by atoms with Crippen LogP contribution in [0.5, 0.6) is 5.75 Å². The van der Waals surface area contributed by atoms with Gasteiger partial charge in [0.05, 0.1) is 7.11 Å². The van der Waals surface area contributed by atoms with Gasteiger partial charge in [0, 0.05) is 6.04 Å². The van der Waals surface area contributed by atoms with Gasteiger partial charge >= 0.3 is 0 Å². The molecule has 1 N–H and O–H groups in total. The molecule has 0 unspecified atom stereocenters. The number of benzene rings is 1. The summed E-state index contributed by atoms with van der Waals surface area (Å²) in [7, 11) is 1.48. The summed E-state index contributed by atoms with van der Waals surface area (Å²) in [5.41, 5.74) is 1.01. The van der Waals surface area contributed by atoms with Crippen LogP contribution in [-0.4, -0.2) is 13.7 Å². The molecular formula is C12H16FNO. The van der Waals surface area contributed by atoms with Crippen LogP contribution < -0.4 is 10.1 Å². The van der Waals surface area contributed by atoms with Crippen molar-refractivity contribution in [2.45, 2.75) is 19.4 Å². The molecule has 0 bridgehead atoms. The van der Waals surface area contributed by atoms with Gasteiger partial charge in [0.15, 0.2) is 11.6 Å². The van der Waals surface area contributed by atoms with Gasteiger partial charge < -0.3 is 10.1 Å². The molecule has 1 aromatic rings. The highest BCUT2D eigenvalue weighted by Gasteiger charge is 2.22. The smallest absolute Gasteiger partial charge is 0.165 e. The fourth-order valence-electron chi connectivity index (χ4n) is 2.07. The van der Waals surface area contributed by atoms with E-state index in [1.54, 1.807) is 12.1 Å². The molecule has 1 saturated heterocycles. The van der Waals surface area contributed by atoms with Crippen molar-refractivity contribution in [1.82, 2.24) is 5.32 Å². The predicted molar refractivity (Wildman–Crippen MR) is 57.5 cm³/mol. The van der Waals surface area contributed by atoms with E-state index in [0.29, 0.717) is 17.7 Å². The molecule has 1 fully saturated rings. The Balaban J connectivity index is 2.19. The number of nitrogens with one attached hydrogen (secondary N) is 1. The van der Waals surface area contributed by atoms with Crippen LogP contribution in [0.3, 0.4) is 0 Å². The molecule has 0 saturated carbocycles. The fraction of sp³-hybridized carbons (Fsp3) is 0.500. The Morgan fingerprint density at radius 1 is 1.47 bits per heavy atom. The summed E-state index contributed by atoms with van der Waals surface area (Å²) in [4.78, 5) is 0. The Labute approximate surface area is 89.4 Å². The van der Waals surface area contributed by atoms with E-state index in [9.17, 15) is 4.39 Å². The van der Waals surface area contributed by atoms with E-state index < -0.39 is 0 Å². The van der Waals surface area contributed by atoms with E-state index in [2.05, 4.69) is 12.2 Å². The van der Waals surface area contributed by atoms with Gasteiger partial charge in [-0.25, -0.2) is 4.39 Å². The summed E-state index contributed by atoms with van der Waals surface area (Å²) in [5, 5.41) is 3.38. The largest absolute Gasteiger partial charge is 0.494 e. The average Bonchev–Trinajstić information content (AvgIpc) is 2.65. The Hall–Kier alpha value is -1.09. The van der Waals surface area contributed by atoms with Gasteiger partial charge in [-0.1, -0.05) is 13.0 Å². The maximum Gasteiger partial charge on any atom is 0.165 e. The molecule has 3 heteroatoms. The molecule has 1 aliphatic rings. The van der Waals surface area contributed by atoms with Crippen LogP contribution in [-0.2, 0) is 0 Å². The van der Waals surface area contributed by atoms with E-state index in [1.807, 2.05) is 6.07 Å². The first kappa shape index (κ1) is 10.4. The Morgan fingerprint density at radius 3 is 2.80 bits per heavy atom. The molecule has 2 atom stereocenters. The van der Waals surface area contributed by atoms with Gasteiger partial charge in [-0.15, -0.1) is 0 Å². The van der Waals surface area contributed by atoms with Crippen molar-refractivity contribution in [3.8, 4) is 5.75 Å². The van der Waals surface area contributed by atoms with Crippen LogP contribution in [0, 0.1) is 11.7 Å². The van der Waals surface area contributed by atoms with Gasteiger partial charge in [0.25, 0.3) is 0 Å². The Morgan fingerprint density at radius 2 is 2.27 bits per heavy atom. The maximum absolute atomic E-state index is 13.4. The molecule has 15 heavy (non-hydrogen) atoms. The highest BCUT2D eigenvalue weighted by Crippen LogP contribution is 2.29. The van der Waals surface area contributed by atoms with Gasteiger partial charge in [-0.3, -0.25) is 0 Å². The van der Waals surface area contributed by atoms with E-state index in [4.69, 9.17) is 4.74 Å². The van der Waals surface area contributed by atoms with Crippen LogP contribution in [0.4, 0.5) is 4.39 Å². The number of rotatable bonds is 2. The fourth-order valence-corrected chi connectivity index (χ4v) is 2.07. The Bertz CT molecular complexity index is 353. The monoisotopic (exact) mass is 209 g/mol. The molecule has 0 radical (unpaired) electrons. The lowest BCUT2D eigenvalue weighted by molar-refractivity contribution is 0.385. The molecule has 0 aromatic heterocycles. The number of ether oxygens (including phenoxy) is 1. The van der Waals surface area contributed by atoms with Crippen molar-refractivity contribution in [3.63, 3.8) is 0 Å². The van der Waals surface area contributed by atoms with Crippen LogP contribution in [0.1, 0.15) is 24.9 Å². The average molecular weight is 209 g/mol. The zero-order valence-corrected chi connectivity index (χ0v) is 9.09. The van der Waals surface area contributed by atoms with Crippen LogP contribution >= 0.6 is 0 Å². The highest BCUT2D eigenvalue weighted by molar-refractivity contribution is 5.31. The molecule has 0 amide bonds. The zero-order valence-electron chi connectivity index (χ0n) is 9.09. The molecule has 2 rings (SSSR count). The predicted octanol–water partition coefficient (Wildman–Crippen LogP) is 2.50. The molecule has 1 aliphatic heterocycles. The SMILES string of the molecule is COc1ccc([C@H]2C[C@@H](C)CN2)cc1F. The minimum Gasteiger partial charge on any atom is -0.494 e. The second-order valence-electron chi connectivity index (χ2n) is 4.20. The summed E-state index contributed by atoms with van der Waals surface area (Å²) in [6.07, 6.45) is 1.08. The molecule has 2 nitrogen and oxygen atoms in total. The van der Waals surface area contributed by atoms with Gasteiger partial charge in [-0.2, -0.15) is 0 Å². The quantitative estimate of drug-likeness (QED) is 0.808. The summed E-state index contributed by atoms with van der Waals surface area (Å²) >= 11 is 0. The maximum atomic E-state index is 13.4. The summed E-state index contributed by atoms with van der Waals surface area (Å²) in [6, 6.07) is 5.47. The van der Waals surface area contributed by atoms with Gasteiger partial charge in [0.1, 0.15) is 0 Å². The first-order chi connectivity index (χ1) is 7.20. The standard InChI is InChI=1S/C12H16FNO/c1-8-5-11(14-7-8)9-3-4-12(15-2)10(13)6-9/h3-4,6,8,11,14H,5,7H2,1-2H3/t8-,11-/m1/s1. The van der Waals surface area contributed by atoms with Crippen LogP contribution in [0.2, 0.25) is 0 Å². The second kappa shape index (κ2) is 4.19. The minimum atomic E-state index is -0.281. The third-order valence-electron chi connectivity index (χ3n) is 2.93. The van der Waals surface area contributed by atoms with E-state index in [1.165, 1.54) is 7.11 Å². The van der Waals surface area contributed by atoms with E-state index in [0.717, 1.165) is 18.5 Å². The van der Waals surface area contributed by atoms with Crippen molar-refractivity contribution in [2.24, 2.45) is 5.92 Å². The first-order valence-electron chi connectivity index (χ1n) is 5.27. The first-order valence-corrected chi connectivity index (χ1v) is 5.27. The molecule has 82 valence electrons. The van der Waals surface area contributed by atoms with Gasteiger partial charge in [0.2, 0.25) is 0 Å². The molecular weight excluding hydrogens is 193 g/mol. The van der Waals surface area contributed by atoms with Crippen molar-refractivity contribution < 1.29 is 9.13 Å². The van der Waals surface area contributed by atoms with Crippen molar-refractivity contribution in [1.29, 1.82) is 0 Å². The number of halogens is 1. The van der Waals surface area contributed by atoms with Crippen LogP contribution in [0.25, 0.3) is 0 Å². The number of hydrogen-bond acceptors (Lipinski definition) is 2. The molecule has 1 aromatic carbocycles. The lowest BCUT2D eigenvalue weighted by Gasteiger charge is -2.11. The van der Waals surface area contributed by atoms with Crippen molar-refractivity contribution >= 4 is 0 Å².